The Hall–Kier alpha value is -0.500. The van der Waals surface area contributed by atoms with Gasteiger partial charge in [0.2, 0.25) is 10.0 Å². The van der Waals surface area contributed by atoms with Gasteiger partial charge in [-0.25, -0.2) is 13.1 Å². The molecule has 104 valence electrons. The Morgan fingerprint density at radius 3 is 2.72 bits per heavy atom. The van der Waals surface area contributed by atoms with Crippen LogP contribution in [0.3, 0.4) is 0 Å². The zero-order valence-corrected chi connectivity index (χ0v) is 12.6. The van der Waals surface area contributed by atoms with Gasteiger partial charge in [0.25, 0.3) is 0 Å². The maximum atomic E-state index is 12.0. The molecule has 0 amide bonds. The lowest BCUT2D eigenvalue weighted by molar-refractivity contribution is 0.579. The second-order valence-electron chi connectivity index (χ2n) is 4.21. The second-order valence-corrected chi connectivity index (χ2v) is 7.26. The number of rotatable bonds is 7. The zero-order valence-electron chi connectivity index (χ0n) is 11.0. The molecule has 1 atom stereocenters. The van der Waals surface area contributed by atoms with E-state index >= 15 is 0 Å². The van der Waals surface area contributed by atoms with Crippen molar-refractivity contribution in [2.45, 2.75) is 30.0 Å². The summed E-state index contributed by atoms with van der Waals surface area (Å²) in [5.41, 5.74) is 6.33. The summed E-state index contributed by atoms with van der Waals surface area (Å²) in [7, 11) is -1.62. The third-order valence-electron chi connectivity index (χ3n) is 2.85. The van der Waals surface area contributed by atoms with E-state index in [2.05, 4.69) is 11.6 Å². The summed E-state index contributed by atoms with van der Waals surface area (Å²) < 4.78 is 28.4. The van der Waals surface area contributed by atoms with E-state index in [-0.39, 0.29) is 4.90 Å². The Labute approximate surface area is 113 Å². The van der Waals surface area contributed by atoms with Crippen molar-refractivity contribution >= 4 is 21.8 Å². The fraction of sp³-hybridized carbons (Fsp3) is 0.636. The average molecular weight is 291 g/mol. The van der Waals surface area contributed by atoms with Crippen molar-refractivity contribution in [1.82, 2.24) is 9.29 Å². The van der Waals surface area contributed by atoms with Crippen LogP contribution in [0.4, 0.5) is 0 Å². The van der Waals surface area contributed by atoms with Gasteiger partial charge in [-0.15, -0.1) is 0 Å². The Bertz CT molecular complexity index is 482. The quantitative estimate of drug-likeness (QED) is 0.782. The van der Waals surface area contributed by atoms with Gasteiger partial charge in [0, 0.05) is 37.3 Å². The van der Waals surface area contributed by atoms with Gasteiger partial charge in [-0.3, -0.25) is 0 Å². The van der Waals surface area contributed by atoms with E-state index in [0.717, 1.165) is 12.1 Å². The number of hydrogen-bond donors (Lipinski definition) is 2. The van der Waals surface area contributed by atoms with Crippen LogP contribution in [-0.4, -0.2) is 31.0 Å². The number of hydrogen-bond acceptors (Lipinski definition) is 4. The lowest BCUT2D eigenvalue weighted by atomic mass is 10.3. The minimum absolute atomic E-state index is 0.280. The highest BCUT2D eigenvalue weighted by molar-refractivity contribution is 7.99. The van der Waals surface area contributed by atoms with Crippen molar-refractivity contribution < 1.29 is 8.42 Å². The van der Waals surface area contributed by atoms with Gasteiger partial charge < -0.3 is 10.3 Å². The van der Waals surface area contributed by atoms with E-state index in [1.165, 1.54) is 0 Å². The third-order valence-corrected chi connectivity index (χ3v) is 5.32. The monoisotopic (exact) mass is 291 g/mol. The first-order valence-electron chi connectivity index (χ1n) is 5.78. The highest BCUT2D eigenvalue weighted by atomic mass is 32.2. The van der Waals surface area contributed by atoms with Crippen LogP contribution in [0.25, 0.3) is 0 Å². The molecule has 1 unspecified atom stereocenters. The molecular formula is C11H21N3O2S2. The summed E-state index contributed by atoms with van der Waals surface area (Å²) in [5, 5.41) is 0.447. The average Bonchev–Trinajstić information content (AvgIpc) is 2.70. The Morgan fingerprint density at radius 1 is 1.56 bits per heavy atom. The Morgan fingerprint density at radius 2 is 2.22 bits per heavy atom. The molecule has 1 heterocycles. The fourth-order valence-electron chi connectivity index (χ4n) is 1.52. The topological polar surface area (TPSA) is 77.1 Å². The second kappa shape index (κ2) is 6.60. The van der Waals surface area contributed by atoms with E-state index in [1.54, 1.807) is 35.6 Å². The third kappa shape index (κ3) is 4.01. The first kappa shape index (κ1) is 15.6. The number of nitrogens with two attached hydrogens (primary N) is 1. The largest absolute Gasteiger partial charge is 0.352 e. The van der Waals surface area contributed by atoms with E-state index in [1.807, 2.05) is 6.26 Å². The molecule has 0 aromatic carbocycles. The van der Waals surface area contributed by atoms with E-state index in [0.29, 0.717) is 18.3 Å². The van der Waals surface area contributed by atoms with Gasteiger partial charge in [-0.2, -0.15) is 11.8 Å². The molecule has 0 fully saturated rings. The van der Waals surface area contributed by atoms with Crippen LogP contribution < -0.4 is 10.5 Å². The summed E-state index contributed by atoms with van der Waals surface area (Å²) in [6, 6.07) is 1.61. The maximum absolute atomic E-state index is 12.0. The first-order valence-corrected chi connectivity index (χ1v) is 8.55. The van der Waals surface area contributed by atoms with Crippen LogP contribution in [0.2, 0.25) is 0 Å². The van der Waals surface area contributed by atoms with Gasteiger partial charge in [-0.05, 0) is 18.7 Å². The number of nitrogens with zero attached hydrogens (tertiary/aromatic N) is 1. The number of sulfonamides is 1. The zero-order chi connectivity index (χ0) is 13.8. The molecule has 7 heteroatoms. The van der Waals surface area contributed by atoms with E-state index in [9.17, 15) is 8.42 Å². The molecule has 0 spiro atoms. The number of aryl methyl sites for hydroxylation is 1. The SMILES string of the molecule is CSC(C)CCNS(=O)(=O)c1cc(CN)n(C)c1. The lowest BCUT2D eigenvalue weighted by Gasteiger charge is -2.08. The number of nitrogens with one attached hydrogen (secondary N) is 1. The smallest absolute Gasteiger partial charge is 0.242 e. The Balaban J connectivity index is 2.68. The number of aromatic nitrogens is 1. The molecular weight excluding hydrogens is 270 g/mol. The van der Waals surface area contributed by atoms with Crippen LogP contribution in [-0.2, 0) is 23.6 Å². The number of thioether (sulfide) groups is 1. The molecule has 0 aliphatic carbocycles. The fourth-order valence-corrected chi connectivity index (χ4v) is 3.02. The summed E-state index contributed by atoms with van der Waals surface area (Å²) in [6.07, 6.45) is 4.42. The van der Waals surface area contributed by atoms with E-state index < -0.39 is 10.0 Å². The molecule has 18 heavy (non-hydrogen) atoms. The molecule has 1 rings (SSSR count). The summed E-state index contributed by atoms with van der Waals surface area (Å²) in [6.45, 7) is 2.86. The molecule has 0 aliphatic heterocycles. The van der Waals surface area contributed by atoms with Crippen molar-refractivity contribution in [1.29, 1.82) is 0 Å². The summed E-state index contributed by atoms with van der Waals surface area (Å²) in [5.74, 6) is 0. The van der Waals surface area contributed by atoms with Crippen molar-refractivity contribution in [2.75, 3.05) is 12.8 Å². The van der Waals surface area contributed by atoms with Crippen LogP contribution in [0.1, 0.15) is 19.0 Å². The predicted molar refractivity (Wildman–Crippen MR) is 76.1 cm³/mol. The predicted octanol–water partition coefficient (Wildman–Crippen LogP) is 0.904. The van der Waals surface area contributed by atoms with Gasteiger partial charge in [0.1, 0.15) is 0 Å². The highest BCUT2D eigenvalue weighted by Crippen LogP contribution is 2.14. The normalized spacial score (nSPS) is 13.8. The molecule has 3 N–H and O–H groups in total. The Kier molecular flexibility index (Phi) is 5.71. The molecule has 0 radical (unpaired) electrons. The summed E-state index contributed by atoms with van der Waals surface area (Å²) >= 11 is 1.73. The molecule has 5 nitrogen and oxygen atoms in total. The van der Waals surface area contributed by atoms with Crippen LogP contribution in [0.15, 0.2) is 17.2 Å². The van der Waals surface area contributed by atoms with Crippen LogP contribution in [0.5, 0.6) is 0 Å². The lowest BCUT2D eigenvalue weighted by Crippen LogP contribution is -2.26. The van der Waals surface area contributed by atoms with Crippen LogP contribution in [0, 0.1) is 0 Å². The molecule has 1 aromatic rings. The summed E-state index contributed by atoms with van der Waals surface area (Å²) in [4.78, 5) is 0.280. The minimum atomic E-state index is -3.41. The highest BCUT2D eigenvalue weighted by Gasteiger charge is 2.16. The van der Waals surface area contributed by atoms with Gasteiger partial charge >= 0.3 is 0 Å². The van der Waals surface area contributed by atoms with Crippen molar-refractivity contribution in [2.24, 2.45) is 12.8 Å². The van der Waals surface area contributed by atoms with Crippen molar-refractivity contribution in [3.63, 3.8) is 0 Å². The van der Waals surface area contributed by atoms with E-state index in [4.69, 9.17) is 5.73 Å². The standard InChI is InChI=1S/C11H21N3O2S2/c1-9(17-3)4-5-13-18(15,16)11-6-10(7-12)14(2)8-11/h6,8-9,13H,4-5,7,12H2,1-3H3. The van der Waals surface area contributed by atoms with Gasteiger partial charge in [-0.1, -0.05) is 6.92 Å². The molecule has 0 saturated heterocycles. The van der Waals surface area contributed by atoms with Crippen molar-refractivity contribution in [3.05, 3.63) is 18.0 Å². The van der Waals surface area contributed by atoms with Gasteiger partial charge in [0.15, 0.2) is 0 Å². The minimum Gasteiger partial charge on any atom is -0.352 e. The molecule has 0 saturated carbocycles. The molecule has 0 bridgehead atoms. The molecule has 0 aliphatic rings. The first-order chi connectivity index (χ1) is 8.40. The van der Waals surface area contributed by atoms with Gasteiger partial charge in [0.05, 0.1) is 4.90 Å². The molecule has 1 aromatic heterocycles. The van der Waals surface area contributed by atoms with Crippen molar-refractivity contribution in [3.8, 4) is 0 Å². The van der Waals surface area contributed by atoms with Crippen LogP contribution >= 0.6 is 11.8 Å². The maximum Gasteiger partial charge on any atom is 0.242 e.